The third-order valence-electron chi connectivity index (χ3n) is 9.34. The topological polar surface area (TPSA) is 328 Å². The third-order valence-corrected chi connectivity index (χ3v) is 9.34. The molecule has 15 atom stereocenters. The Morgan fingerprint density at radius 3 is 1.79 bits per heavy atom. The molecule has 3 aliphatic rings. The van der Waals surface area contributed by atoms with Crippen molar-refractivity contribution in [2.75, 3.05) is 6.61 Å². The zero-order valence-corrected chi connectivity index (χ0v) is 27.9. The van der Waals surface area contributed by atoms with E-state index >= 15 is 0 Å². The Labute approximate surface area is 298 Å². The molecule has 4 heterocycles. The van der Waals surface area contributed by atoms with Crippen LogP contribution in [0.2, 0.25) is 0 Å². The predicted molar refractivity (Wildman–Crippen MR) is 172 cm³/mol. The van der Waals surface area contributed by atoms with Gasteiger partial charge in [0, 0.05) is 17.7 Å². The highest BCUT2D eigenvalue weighted by atomic mass is 16.7. The Kier molecular flexibility index (Phi) is 11.1. The number of hydrogen-bond acceptors (Lipinski definition) is 20. The summed E-state index contributed by atoms with van der Waals surface area (Å²) >= 11 is 0. The molecule has 2 aromatic carbocycles. The summed E-state index contributed by atoms with van der Waals surface area (Å²) in [4.78, 5) is 14.0. The lowest BCUT2D eigenvalue weighted by atomic mass is 9.98. The Hall–Kier alpha value is -3.87. The van der Waals surface area contributed by atoms with Crippen molar-refractivity contribution in [1.29, 1.82) is 0 Å². The van der Waals surface area contributed by atoms with Gasteiger partial charge in [0.1, 0.15) is 83.5 Å². The van der Waals surface area contributed by atoms with Crippen LogP contribution in [0.1, 0.15) is 13.8 Å². The number of hydrogen-bond donors (Lipinski definition) is 12. The fourth-order valence-corrected chi connectivity index (χ4v) is 6.14. The number of benzene rings is 2. The SMILES string of the molecule is CC1O[C@@H](OCC2O[C@@H](Oc3c(-c4ccc(O)c(O)c4)oc4cc(O[C@@H]5OC(C)[C@H](O)[C@H](O)C5O)cc(O)c4c3=O)C(O)C(O)[C@@H]2O)C(O)[C@@H](O)[C@H]1O. The maximum atomic E-state index is 14.0. The van der Waals surface area contributed by atoms with E-state index in [-0.39, 0.29) is 16.9 Å². The second kappa shape index (κ2) is 15.1. The van der Waals surface area contributed by atoms with E-state index in [9.17, 15) is 66.1 Å². The van der Waals surface area contributed by atoms with Gasteiger partial charge in [0.25, 0.3) is 0 Å². The molecule has 6 rings (SSSR count). The molecular formula is C33H40O20. The van der Waals surface area contributed by atoms with Crippen molar-refractivity contribution in [3.63, 3.8) is 0 Å². The second-order valence-corrected chi connectivity index (χ2v) is 13.1. The summed E-state index contributed by atoms with van der Waals surface area (Å²) in [6.45, 7) is 2.18. The maximum Gasteiger partial charge on any atom is 0.239 e. The van der Waals surface area contributed by atoms with E-state index in [4.69, 9.17) is 32.8 Å². The number of fused-ring (bicyclic) bond motifs is 1. The van der Waals surface area contributed by atoms with Crippen LogP contribution < -0.4 is 14.9 Å². The third kappa shape index (κ3) is 7.34. The molecule has 7 unspecified atom stereocenters. The number of aliphatic hydroxyl groups is 9. The molecule has 3 aromatic rings. The van der Waals surface area contributed by atoms with E-state index in [2.05, 4.69) is 0 Å². The average Bonchev–Trinajstić information content (AvgIpc) is 3.12. The predicted octanol–water partition coefficient (Wildman–Crippen LogP) is -3.19. The summed E-state index contributed by atoms with van der Waals surface area (Å²) < 4.78 is 39.3. The lowest BCUT2D eigenvalue weighted by Gasteiger charge is -2.42. The zero-order chi connectivity index (χ0) is 38.6. The number of aromatic hydroxyl groups is 3. The van der Waals surface area contributed by atoms with Crippen molar-refractivity contribution in [3.05, 3.63) is 40.6 Å². The van der Waals surface area contributed by atoms with Crippen LogP contribution in [0.25, 0.3) is 22.3 Å². The highest BCUT2D eigenvalue weighted by Crippen LogP contribution is 2.40. The van der Waals surface area contributed by atoms with E-state index in [0.717, 1.165) is 24.3 Å². The van der Waals surface area contributed by atoms with Crippen molar-refractivity contribution in [1.82, 2.24) is 0 Å². The van der Waals surface area contributed by atoms with Gasteiger partial charge in [0.15, 0.2) is 23.5 Å². The fraction of sp³-hybridized carbons (Fsp3) is 0.545. The van der Waals surface area contributed by atoms with Crippen molar-refractivity contribution in [2.24, 2.45) is 0 Å². The van der Waals surface area contributed by atoms with E-state index in [0.29, 0.717) is 0 Å². The smallest absolute Gasteiger partial charge is 0.239 e. The number of phenols is 3. The molecule has 0 aliphatic carbocycles. The molecule has 3 saturated heterocycles. The molecule has 3 aliphatic heterocycles. The summed E-state index contributed by atoms with van der Waals surface area (Å²) in [5.41, 5.74) is -1.55. The lowest BCUT2D eigenvalue weighted by Crippen LogP contribution is -2.61. The fourth-order valence-electron chi connectivity index (χ4n) is 6.14. The molecule has 292 valence electrons. The second-order valence-electron chi connectivity index (χ2n) is 13.1. The van der Waals surface area contributed by atoms with Gasteiger partial charge in [-0.05, 0) is 32.0 Å². The molecule has 0 bridgehead atoms. The Morgan fingerprint density at radius 1 is 0.604 bits per heavy atom. The molecule has 1 aromatic heterocycles. The first-order valence-corrected chi connectivity index (χ1v) is 16.4. The van der Waals surface area contributed by atoms with Crippen LogP contribution in [0.3, 0.4) is 0 Å². The van der Waals surface area contributed by atoms with Gasteiger partial charge >= 0.3 is 0 Å². The molecule has 3 fully saturated rings. The number of ether oxygens (including phenoxy) is 6. The standard InChI is InChI=1S/C33H40O20/c1-9-19(37)23(41)26(44)31(48-9)47-8-17-21(39)25(43)28(46)33(52-17)53-30-22(40)18-15(36)6-12(50-32-27(45)24(42)20(38)10(2)49-32)7-16(18)51-29(30)11-3-4-13(34)14(35)5-11/h3-7,9-10,17,19-21,23-28,31-39,41-46H,8H2,1-2H3/t9?,10?,17?,19-,20-,21+,23-,24-,25?,26?,27?,28?,31+,32-,33-/m0/s1. The minimum absolute atomic E-state index is 0.0962. The van der Waals surface area contributed by atoms with Crippen molar-refractivity contribution in [2.45, 2.75) is 106 Å². The molecular weight excluding hydrogens is 716 g/mol. The highest BCUT2D eigenvalue weighted by molar-refractivity contribution is 5.88. The largest absolute Gasteiger partial charge is 0.507 e. The van der Waals surface area contributed by atoms with Gasteiger partial charge < -0.3 is 94.1 Å². The molecule has 12 N–H and O–H groups in total. The average molecular weight is 757 g/mol. The van der Waals surface area contributed by atoms with E-state index in [1.165, 1.54) is 19.9 Å². The van der Waals surface area contributed by atoms with Crippen molar-refractivity contribution < 1.29 is 94.1 Å². The van der Waals surface area contributed by atoms with Crippen LogP contribution in [-0.4, -0.2) is 160 Å². The number of phenolic OH excluding ortho intramolecular Hbond substituents is 3. The van der Waals surface area contributed by atoms with E-state index in [1.54, 1.807) is 0 Å². The first kappa shape index (κ1) is 38.8. The van der Waals surface area contributed by atoms with Gasteiger partial charge in [-0.25, -0.2) is 0 Å². The Morgan fingerprint density at radius 2 is 1.17 bits per heavy atom. The van der Waals surface area contributed by atoms with E-state index in [1.807, 2.05) is 0 Å². The Balaban J connectivity index is 1.34. The molecule has 0 spiro atoms. The molecule has 0 saturated carbocycles. The summed E-state index contributed by atoms with van der Waals surface area (Å²) in [5, 5.41) is 124. The van der Waals surface area contributed by atoms with Crippen LogP contribution >= 0.6 is 0 Å². The van der Waals surface area contributed by atoms with Crippen molar-refractivity contribution >= 4 is 11.0 Å². The molecule has 0 amide bonds. The van der Waals surface area contributed by atoms with Gasteiger partial charge in [0.2, 0.25) is 23.8 Å². The summed E-state index contributed by atoms with van der Waals surface area (Å²) in [6.07, 6.45) is -24.0. The van der Waals surface area contributed by atoms with Crippen LogP contribution in [0.4, 0.5) is 0 Å². The number of rotatable bonds is 8. The molecule has 0 radical (unpaired) electrons. The van der Waals surface area contributed by atoms with Crippen molar-refractivity contribution in [3.8, 4) is 40.1 Å². The Bertz CT molecular complexity index is 1830. The van der Waals surface area contributed by atoms with Gasteiger partial charge in [-0.2, -0.15) is 0 Å². The van der Waals surface area contributed by atoms with Crippen LogP contribution in [0.5, 0.6) is 28.7 Å². The normalized spacial score (nSPS) is 37.8. The van der Waals surface area contributed by atoms with Gasteiger partial charge in [-0.1, -0.05) is 0 Å². The highest BCUT2D eigenvalue weighted by Gasteiger charge is 2.48. The first-order valence-electron chi connectivity index (χ1n) is 16.4. The summed E-state index contributed by atoms with van der Waals surface area (Å²) in [5.74, 6) is -3.42. The zero-order valence-electron chi connectivity index (χ0n) is 27.9. The minimum Gasteiger partial charge on any atom is -0.507 e. The quantitative estimate of drug-likeness (QED) is 0.101. The monoisotopic (exact) mass is 756 g/mol. The lowest BCUT2D eigenvalue weighted by molar-refractivity contribution is -0.318. The summed E-state index contributed by atoms with van der Waals surface area (Å²) in [6, 6.07) is 5.31. The first-order chi connectivity index (χ1) is 25.0. The molecule has 20 nitrogen and oxygen atoms in total. The van der Waals surface area contributed by atoms with E-state index < -0.39 is 138 Å². The number of aliphatic hydroxyl groups excluding tert-OH is 9. The van der Waals surface area contributed by atoms with Gasteiger partial charge in [0.05, 0.1) is 18.8 Å². The van der Waals surface area contributed by atoms with Crippen LogP contribution in [0, 0.1) is 0 Å². The summed E-state index contributed by atoms with van der Waals surface area (Å²) in [7, 11) is 0. The minimum atomic E-state index is -2.03. The molecule has 20 heteroatoms. The molecule has 53 heavy (non-hydrogen) atoms. The van der Waals surface area contributed by atoms with Crippen LogP contribution in [0.15, 0.2) is 39.5 Å². The van der Waals surface area contributed by atoms with Crippen LogP contribution in [-0.2, 0) is 18.9 Å². The van der Waals surface area contributed by atoms with Gasteiger partial charge in [-0.3, -0.25) is 4.79 Å². The maximum absolute atomic E-state index is 14.0. The van der Waals surface area contributed by atoms with Gasteiger partial charge in [-0.15, -0.1) is 0 Å².